The molecule has 0 aliphatic rings. The highest BCUT2D eigenvalue weighted by Gasteiger charge is 2.21. The number of ether oxygens (including phenoxy) is 1. The summed E-state index contributed by atoms with van der Waals surface area (Å²) in [4.78, 5) is 0. The Labute approximate surface area is 96.1 Å². The maximum absolute atomic E-state index is 12.7. The van der Waals surface area contributed by atoms with Crippen LogP contribution in [-0.4, -0.2) is 23.9 Å². The second-order valence-electron chi connectivity index (χ2n) is 4.35. The van der Waals surface area contributed by atoms with E-state index in [1.165, 1.54) is 12.1 Å². The standard InChI is InChI=1S/C13H19FO2/c1-3-8-16-10-13(2,15)9-11-4-6-12(14)7-5-11/h4-7,15H,3,8-10H2,1-2H3. The van der Waals surface area contributed by atoms with E-state index in [0.717, 1.165) is 12.0 Å². The van der Waals surface area contributed by atoms with E-state index in [0.29, 0.717) is 19.6 Å². The van der Waals surface area contributed by atoms with Gasteiger partial charge in [0.2, 0.25) is 0 Å². The maximum Gasteiger partial charge on any atom is 0.123 e. The number of halogens is 1. The molecular formula is C13H19FO2. The summed E-state index contributed by atoms with van der Waals surface area (Å²) in [6.07, 6.45) is 1.41. The second kappa shape index (κ2) is 5.97. The third-order valence-electron chi connectivity index (χ3n) is 2.26. The molecule has 1 unspecified atom stereocenters. The van der Waals surface area contributed by atoms with E-state index in [1.807, 2.05) is 6.92 Å². The van der Waals surface area contributed by atoms with Gasteiger partial charge in [0.1, 0.15) is 5.82 Å². The topological polar surface area (TPSA) is 29.5 Å². The van der Waals surface area contributed by atoms with Crippen molar-refractivity contribution in [3.05, 3.63) is 35.6 Å². The van der Waals surface area contributed by atoms with Crippen LogP contribution in [0, 0.1) is 5.82 Å². The first-order chi connectivity index (χ1) is 7.53. The molecule has 1 aromatic carbocycles. The van der Waals surface area contributed by atoms with Gasteiger partial charge < -0.3 is 9.84 Å². The molecule has 0 saturated carbocycles. The van der Waals surface area contributed by atoms with Crippen molar-refractivity contribution in [2.24, 2.45) is 0 Å². The van der Waals surface area contributed by atoms with Crippen LogP contribution < -0.4 is 0 Å². The summed E-state index contributed by atoms with van der Waals surface area (Å²) in [7, 11) is 0. The van der Waals surface area contributed by atoms with Crippen molar-refractivity contribution in [3.8, 4) is 0 Å². The molecule has 0 radical (unpaired) electrons. The van der Waals surface area contributed by atoms with E-state index < -0.39 is 5.60 Å². The van der Waals surface area contributed by atoms with Gasteiger partial charge in [-0.25, -0.2) is 4.39 Å². The van der Waals surface area contributed by atoms with Gasteiger partial charge in [-0.1, -0.05) is 19.1 Å². The molecule has 1 N–H and O–H groups in total. The van der Waals surface area contributed by atoms with Crippen LogP contribution in [0.2, 0.25) is 0 Å². The Morgan fingerprint density at radius 3 is 2.50 bits per heavy atom. The molecule has 0 aromatic heterocycles. The molecule has 1 aromatic rings. The predicted molar refractivity (Wildman–Crippen MR) is 61.8 cm³/mol. The number of hydrogen-bond donors (Lipinski definition) is 1. The SMILES string of the molecule is CCCOCC(C)(O)Cc1ccc(F)cc1. The van der Waals surface area contributed by atoms with Crippen molar-refractivity contribution in [1.82, 2.24) is 0 Å². The van der Waals surface area contributed by atoms with Crippen LogP contribution in [0.1, 0.15) is 25.8 Å². The van der Waals surface area contributed by atoms with Crippen LogP contribution in [0.4, 0.5) is 4.39 Å². The summed E-state index contributed by atoms with van der Waals surface area (Å²) in [6, 6.07) is 6.17. The van der Waals surface area contributed by atoms with Gasteiger partial charge >= 0.3 is 0 Å². The van der Waals surface area contributed by atoms with Gasteiger partial charge in [0, 0.05) is 13.0 Å². The molecule has 2 nitrogen and oxygen atoms in total. The van der Waals surface area contributed by atoms with Crippen LogP contribution in [0.5, 0.6) is 0 Å². The second-order valence-corrected chi connectivity index (χ2v) is 4.35. The molecule has 0 bridgehead atoms. The van der Waals surface area contributed by atoms with E-state index >= 15 is 0 Å². The largest absolute Gasteiger partial charge is 0.387 e. The minimum atomic E-state index is -0.896. The van der Waals surface area contributed by atoms with Crippen LogP contribution in [-0.2, 0) is 11.2 Å². The fraction of sp³-hybridized carbons (Fsp3) is 0.538. The third kappa shape index (κ3) is 4.73. The Kier molecular flexibility index (Phi) is 4.90. The summed E-state index contributed by atoms with van der Waals surface area (Å²) < 4.78 is 18.0. The predicted octanol–water partition coefficient (Wildman–Crippen LogP) is 2.55. The summed E-state index contributed by atoms with van der Waals surface area (Å²) >= 11 is 0. The van der Waals surface area contributed by atoms with Crippen molar-refractivity contribution in [2.75, 3.05) is 13.2 Å². The lowest BCUT2D eigenvalue weighted by molar-refractivity contribution is -0.0328. The molecule has 0 saturated heterocycles. The van der Waals surface area contributed by atoms with Crippen molar-refractivity contribution < 1.29 is 14.2 Å². The maximum atomic E-state index is 12.7. The number of benzene rings is 1. The van der Waals surface area contributed by atoms with E-state index in [1.54, 1.807) is 19.1 Å². The van der Waals surface area contributed by atoms with E-state index in [2.05, 4.69) is 0 Å². The molecule has 1 rings (SSSR count). The van der Waals surface area contributed by atoms with Gasteiger partial charge in [-0.15, -0.1) is 0 Å². The lowest BCUT2D eigenvalue weighted by Crippen LogP contribution is -2.33. The highest BCUT2D eigenvalue weighted by molar-refractivity contribution is 5.17. The Hall–Kier alpha value is -0.930. The lowest BCUT2D eigenvalue weighted by Gasteiger charge is -2.23. The molecule has 0 spiro atoms. The third-order valence-corrected chi connectivity index (χ3v) is 2.26. The molecular weight excluding hydrogens is 207 g/mol. The van der Waals surface area contributed by atoms with Crippen LogP contribution in [0.15, 0.2) is 24.3 Å². The number of rotatable bonds is 6. The molecule has 3 heteroatoms. The number of aliphatic hydroxyl groups is 1. The molecule has 90 valence electrons. The zero-order chi connectivity index (χ0) is 12.0. The molecule has 0 aliphatic heterocycles. The van der Waals surface area contributed by atoms with Crippen LogP contribution >= 0.6 is 0 Å². The van der Waals surface area contributed by atoms with Gasteiger partial charge in [0.25, 0.3) is 0 Å². The van der Waals surface area contributed by atoms with E-state index in [9.17, 15) is 9.50 Å². The van der Waals surface area contributed by atoms with Crippen LogP contribution in [0.25, 0.3) is 0 Å². The van der Waals surface area contributed by atoms with Crippen molar-refractivity contribution in [1.29, 1.82) is 0 Å². The molecule has 0 aliphatic carbocycles. The quantitative estimate of drug-likeness (QED) is 0.755. The Morgan fingerprint density at radius 2 is 1.94 bits per heavy atom. The highest BCUT2D eigenvalue weighted by atomic mass is 19.1. The van der Waals surface area contributed by atoms with Crippen LogP contribution in [0.3, 0.4) is 0 Å². The van der Waals surface area contributed by atoms with Gasteiger partial charge in [0.15, 0.2) is 0 Å². The van der Waals surface area contributed by atoms with Gasteiger partial charge in [-0.3, -0.25) is 0 Å². The van der Waals surface area contributed by atoms with E-state index in [-0.39, 0.29) is 5.82 Å². The first-order valence-corrected chi connectivity index (χ1v) is 5.58. The summed E-state index contributed by atoms with van der Waals surface area (Å²) in [5.41, 5.74) is 0.0130. The fourth-order valence-electron chi connectivity index (χ4n) is 1.53. The van der Waals surface area contributed by atoms with E-state index in [4.69, 9.17) is 4.74 Å². The first kappa shape index (κ1) is 13.1. The van der Waals surface area contributed by atoms with Crippen molar-refractivity contribution in [3.63, 3.8) is 0 Å². The summed E-state index contributed by atoms with van der Waals surface area (Å²) in [5, 5.41) is 10.0. The molecule has 0 fully saturated rings. The van der Waals surface area contributed by atoms with Crippen molar-refractivity contribution in [2.45, 2.75) is 32.3 Å². The highest BCUT2D eigenvalue weighted by Crippen LogP contribution is 2.14. The van der Waals surface area contributed by atoms with Gasteiger partial charge in [-0.2, -0.15) is 0 Å². The Balaban J connectivity index is 2.48. The summed E-state index contributed by atoms with van der Waals surface area (Å²) in [5.74, 6) is -0.259. The molecule has 16 heavy (non-hydrogen) atoms. The first-order valence-electron chi connectivity index (χ1n) is 5.58. The Morgan fingerprint density at radius 1 is 1.31 bits per heavy atom. The average Bonchev–Trinajstić information content (AvgIpc) is 2.21. The van der Waals surface area contributed by atoms with Gasteiger partial charge in [0.05, 0.1) is 12.2 Å². The molecule has 1 atom stereocenters. The summed E-state index contributed by atoms with van der Waals surface area (Å²) in [6.45, 7) is 4.71. The minimum Gasteiger partial charge on any atom is -0.387 e. The number of hydrogen-bond acceptors (Lipinski definition) is 2. The molecule has 0 heterocycles. The zero-order valence-electron chi connectivity index (χ0n) is 9.87. The minimum absolute atomic E-state index is 0.259. The monoisotopic (exact) mass is 226 g/mol. The average molecular weight is 226 g/mol. The van der Waals surface area contributed by atoms with Crippen molar-refractivity contribution >= 4 is 0 Å². The normalized spacial score (nSPS) is 14.8. The van der Waals surface area contributed by atoms with Gasteiger partial charge in [-0.05, 0) is 31.0 Å². The molecule has 0 amide bonds. The zero-order valence-corrected chi connectivity index (χ0v) is 9.87. The fourth-order valence-corrected chi connectivity index (χ4v) is 1.53. The lowest BCUT2D eigenvalue weighted by atomic mass is 9.97. The Bertz CT molecular complexity index is 306. The smallest absolute Gasteiger partial charge is 0.123 e.